The number of halogens is 1. The zero-order valence-corrected chi connectivity index (χ0v) is 14.0. The summed E-state index contributed by atoms with van der Waals surface area (Å²) in [5.74, 6) is -0.130. The van der Waals surface area contributed by atoms with Crippen LogP contribution in [0, 0.1) is 10.1 Å². The fourth-order valence-corrected chi connectivity index (χ4v) is 2.01. The van der Waals surface area contributed by atoms with Crippen molar-refractivity contribution < 1.29 is 10.0 Å². The van der Waals surface area contributed by atoms with Crippen LogP contribution in [-0.2, 0) is 0 Å². The van der Waals surface area contributed by atoms with Crippen LogP contribution in [0.15, 0.2) is 16.7 Å². The van der Waals surface area contributed by atoms with Gasteiger partial charge in [0.25, 0.3) is 0 Å². The van der Waals surface area contributed by atoms with Crippen LogP contribution < -0.4 is 10.6 Å². The lowest BCUT2D eigenvalue weighted by Gasteiger charge is -2.12. The first kappa shape index (κ1) is 17.8. The highest BCUT2D eigenvalue weighted by atomic mass is 79.9. The molecule has 1 saturated heterocycles. The second-order valence-electron chi connectivity index (χ2n) is 5.79. The van der Waals surface area contributed by atoms with Gasteiger partial charge in [0.1, 0.15) is 5.69 Å². The van der Waals surface area contributed by atoms with E-state index in [0.29, 0.717) is 5.69 Å². The van der Waals surface area contributed by atoms with Gasteiger partial charge in [0.2, 0.25) is 0 Å². The summed E-state index contributed by atoms with van der Waals surface area (Å²) in [4.78, 5) is 14.1. The zero-order valence-electron chi connectivity index (χ0n) is 12.4. The van der Waals surface area contributed by atoms with Crippen molar-refractivity contribution >= 4 is 27.4 Å². The van der Waals surface area contributed by atoms with Gasteiger partial charge in [-0.05, 0) is 65.6 Å². The maximum Gasteiger partial charge on any atom is 0.386 e. The Labute approximate surface area is 132 Å². The van der Waals surface area contributed by atoms with E-state index in [4.69, 9.17) is 5.11 Å². The van der Waals surface area contributed by atoms with E-state index >= 15 is 0 Å². The molecular formula is C13H21BrN4O3. The molecule has 1 aromatic rings. The van der Waals surface area contributed by atoms with E-state index in [1.54, 1.807) is 26.8 Å². The van der Waals surface area contributed by atoms with Gasteiger partial charge in [-0.2, -0.15) is 0 Å². The second kappa shape index (κ2) is 7.67. The second-order valence-corrected chi connectivity index (χ2v) is 6.70. The molecule has 1 unspecified atom stereocenters. The Morgan fingerprint density at radius 3 is 2.67 bits per heavy atom. The van der Waals surface area contributed by atoms with Crippen molar-refractivity contribution in [3.8, 4) is 0 Å². The number of hydrogen-bond acceptors (Lipinski definition) is 6. The van der Waals surface area contributed by atoms with Gasteiger partial charge in [-0.3, -0.25) is 0 Å². The van der Waals surface area contributed by atoms with Crippen LogP contribution in [0.4, 0.5) is 11.5 Å². The summed E-state index contributed by atoms with van der Waals surface area (Å²) in [6.07, 6.45) is 2.39. The molecule has 1 aliphatic heterocycles. The molecule has 1 fully saturated rings. The van der Waals surface area contributed by atoms with E-state index in [1.165, 1.54) is 6.20 Å². The lowest BCUT2D eigenvalue weighted by Crippen LogP contribution is -2.22. The van der Waals surface area contributed by atoms with Crippen molar-refractivity contribution in [2.75, 3.05) is 18.4 Å². The molecule has 2 heterocycles. The third-order valence-electron chi connectivity index (χ3n) is 2.43. The van der Waals surface area contributed by atoms with Crippen molar-refractivity contribution in [3.05, 3.63) is 26.9 Å². The lowest BCUT2D eigenvalue weighted by atomic mass is 10.2. The predicted molar refractivity (Wildman–Crippen MR) is 85.5 cm³/mol. The summed E-state index contributed by atoms with van der Waals surface area (Å²) in [6, 6.07) is 1.92. The molecule has 21 heavy (non-hydrogen) atoms. The Kier molecular flexibility index (Phi) is 6.50. The molecule has 0 aromatic carbocycles. The van der Waals surface area contributed by atoms with Gasteiger partial charge in [0.15, 0.2) is 6.20 Å². The van der Waals surface area contributed by atoms with Gasteiger partial charge in [0, 0.05) is 12.6 Å². The maximum atomic E-state index is 10.8. The highest BCUT2D eigenvalue weighted by Gasteiger charge is 2.21. The zero-order chi connectivity index (χ0) is 16.0. The minimum Gasteiger partial charge on any atom is -0.391 e. The van der Waals surface area contributed by atoms with E-state index in [1.807, 2.05) is 0 Å². The fourth-order valence-electron chi connectivity index (χ4n) is 1.68. The summed E-state index contributed by atoms with van der Waals surface area (Å²) >= 11 is 3.25. The Bertz CT molecular complexity index is 479. The van der Waals surface area contributed by atoms with Crippen molar-refractivity contribution in [3.63, 3.8) is 0 Å². The average Bonchev–Trinajstić information content (AvgIpc) is 2.79. The highest BCUT2D eigenvalue weighted by Crippen LogP contribution is 2.26. The first-order valence-electron chi connectivity index (χ1n) is 6.66. The van der Waals surface area contributed by atoms with Crippen molar-refractivity contribution in [2.45, 2.75) is 38.8 Å². The maximum absolute atomic E-state index is 10.8. The third kappa shape index (κ3) is 7.35. The van der Waals surface area contributed by atoms with E-state index in [-0.39, 0.29) is 11.9 Å². The van der Waals surface area contributed by atoms with Crippen LogP contribution in [-0.4, -0.2) is 39.7 Å². The summed E-state index contributed by atoms with van der Waals surface area (Å²) in [6.45, 7) is 6.99. The van der Waals surface area contributed by atoms with Crippen LogP contribution in [0.1, 0.15) is 27.2 Å². The molecule has 0 aliphatic carbocycles. The molecular weight excluding hydrogens is 340 g/mol. The smallest absolute Gasteiger partial charge is 0.386 e. The summed E-state index contributed by atoms with van der Waals surface area (Å²) in [5, 5.41) is 25.6. The SMILES string of the molecule is CC(C)(C)O.O=[N+]([O-])c1ncc(Br)cc1NC1CCNC1. The van der Waals surface area contributed by atoms with Gasteiger partial charge >= 0.3 is 5.82 Å². The number of nitro groups is 1. The summed E-state index contributed by atoms with van der Waals surface area (Å²) < 4.78 is 0.728. The normalized spacial score (nSPS) is 17.9. The van der Waals surface area contributed by atoms with Gasteiger partial charge in [0.05, 0.1) is 10.1 Å². The molecule has 2 rings (SSSR count). The van der Waals surface area contributed by atoms with Crippen LogP contribution in [0.25, 0.3) is 0 Å². The number of nitrogens with zero attached hydrogens (tertiary/aromatic N) is 2. The molecule has 7 nitrogen and oxygen atoms in total. The number of hydrogen-bond donors (Lipinski definition) is 3. The molecule has 0 spiro atoms. The van der Waals surface area contributed by atoms with Crippen LogP contribution in [0.3, 0.4) is 0 Å². The molecule has 0 amide bonds. The van der Waals surface area contributed by atoms with Gasteiger partial charge in [-0.25, -0.2) is 0 Å². The minimum atomic E-state index is -0.500. The number of pyridine rings is 1. The molecule has 8 heteroatoms. The van der Waals surface area contributed by atoms with Crippen LogP contribution in [0.2, 0.25) is 0 Å². The molecule has 0 radical (unpaired) electrons. The minimum absolute atomic E-state index is 0.130. The first-order chi connectivity index (χ1) is 9.66. The van der Waals surface area contributed by atoms with E-state index in [2.05, 4.69) is 31.5 Å². The number of anilines is 1. The predicted octanol–water partition coefficient (Wildman–Crippen LogP) is 2.30. The van der Waals surface area contributed by atoms with E-state index in [9.17, 15) is 10.1 Å². The number of nitrogens with one attached hydrogen (secondary N) is 2. The number of aromatic nitrogens is 1. The quantitative estimate of drug-likeness (QED) is 0.564. The average molecular weight is 361 g/mol. The van der Waals surface area contributed by atoms with Gasteiger partial charge in [-0.15, -0.1) is 0 Å². The van der Waals surface area contributed by atoms with Gasteiger partial charge < -0.3 is 25.9 Å². The third-order valence-corrected chi connectivity index (χ3v) is 2.86. The fraction of sp³-hybridized carbons (Fsp3) is 0.615. The van der Waals surface area contributed by atoms with Gasteiger partial charge in [-0.1, -0.05) is 0 Å². The topological polar surface area (TPSA) is 100 Å². The monoisotopic (exact) mass is 360 g/mol. The van der Waals surface area contributed by atoms with E-state index < -0.39 is 10.5 Å². The number of rotatable bonds is 3. The molecule has 3 N–H and O–H groups in total. The molecule has 1 aliphatic rings. The van der Waals surface area contributed by atoms with Crippen molar-refractivity contribution in [1.82, 2.24) is 10.3 Å². The Morgan fingerprint density at radius 1 is 1.57 bits per heavy atom. The summed E-state index contributed by atoms with van der Waals surface area (Å²) in [7, 11) is 0. The number of aliphatic hydroxyl groups is 1. The molecule has 118 valence electrons. The Balaban J connectivity index is 0.000000383. The summed E-state index contributed by atoms with van der Waals surface area (Å²) in [5.41, 5.74) is -0.0342. The molecule has 1 aromatic heterocycles. The van der Waals surface area contributed by atoms with Crippen molar-refractivity contribution in [2.24, 2.45) is 0 Å². The standard InChI is InChI=1S/C9H11BrN4O2.C4H10O/c10-6-3-8(9(12-4-6)14(15)16)13-7-1-2-11-5-7;1-4(2,3)5/h3-4,7,11,13H,1-2,5H2;5H,1-3H3. The molecule has 0 saturated carbocycles. The van der Waals surface area contributed by atoms with Crippen molar-refractivity contribution in [1.29, 1.82) is 0 Å². The molecule has 1 atom stereocenters. The first-order valence-corrected chi connectivity index (χ1v) is 7.45. The van der Waals surface area contributed by atoms with Crippen LogP contribution >= 0.6 is 15.9 Å². The van der Waals surface area contributed by atoms with E-state index in [0.717, 1.165) is 24.0 Å². The Hall–Kier alpha value is -1.25. The molecule has 0 bridgehead atoms. The Morgan fingerprint density at radius 2 is 2.19 bits per heavy atom. The largest absolute Gasteiger partial charge is 0.391 e. The lowest BCUT2D eigenvalue weighted by molar-refractivity contribution is -0.388. The van der Waals surface area contributed by atoms with Crippen LogP contribution in [0.5, 0.6) is 0 Å². The highest BCUT2D eigenvalue weighted by molar-refractivity contribution is 9.10.